The summed E-state index contributed by atoms with van der Waals surface area (Å²) in [6.07, 6.45) is 0. The molecule has 0 aliphatic heterocycles. The van der Waals surface area contributed by atoms with Gasteiger partial charge in [0.05, 0.1) is 0 Å². The molecular weight excluding hydrogens is 506 g/mol. The highest BCUT2D eigenvalue weighted by Gasteiger charge is 2.12. The number of nitrogens with zero attached hydrogens (tertiary/aromatic N) is 1. The smallest absolute Gasteiger partial charge is 0.0408 e. The largest absolute Gasteiger partial charge is 0.345 e. The van der Waals surface area contributed by atoms with Crippen LogP contribution < -0.4 is 4.90 Å². The molecule has 0 aromatic heterocycles. The Balaban J connectivity index is 1.13. The fourth-order valence-electron chi connectivity index (χ4n) is 6.46. The van der Waals surface area contributed by atoms with Crippen molar-refractivity contribution in [2.75, 3.05) is 11.9 Å². The van der Waals surface area contributed by atoms with Gasteiger partial charge in [0.15, 0.2) is 0 Å². The summed E-state index contributed by atoms with van der Waals surface area (Å²) in [7, 11) is 2.14. The lowest BCUT2D eigenvalue weighted by Gasteiger charge is -2.21. The monoisotopic (exact) mass is 535 g/mol. The van der Waals surface area contributed by atoms with E-state index in [0.29, 0.717) is 0 Å². The third kappa shape index (κ3) is 4.02. The molecule has 0 spiro atoms. The van der Waals surface area contributed by atoms with Gasteiger partial charge in [0, 0.05) is 18.4 Å². The summed E-state index contributed by atoms with van der Waals surface area (Å²) in [5, 5.41) is 10.3. The molecule has 198 valence electrons. The lowest BCUT2D eigenvalue weighted by atomic mass is 9.93. The van der Waals surface area contributed by atoms with Crippen LogP contribution in [0.25, 0.3) is 65.3 Å². The van der Waals surface area contributed by atoms with Gasteiger partial charge in [-0.15, -0.1) is 0 Å². The Hall–Kier alpha value is -5.40. The third-order valence-electron chi connectivity index (χ3n) is 8.67. The van der Waals surface area contributed by atoms with Crippen LogP contribution in [-0.2, 0) is 0 Å². The van der Waals surface area contributed by atoms with Gasteiger partial charge in [0.25, 0.3) is 0 Å². The highest BCUT2D eigenvalue weighted by atomic mass is 15.1. The molecule has 0 aliphatic carbocycles. The van der Waals surface area contributed by atoms with Gasteiger partial charge in [0.2, 0.25) is 0 Å². The second-order valence-corrected chi connectivity index (χ2v) is 11.0. The number of benzene rings is 8. The highest BCUT2D eigenvalue weighted by molar-refractivity contribution is 6.14. The molecule has 0 radical (unpaired) electrons. The number of hydrogen-bond donors (Lipinski definition) is 0. The molecule has 0 saturated carbocycles. The van der Waals surface area contributed by atoms with Crippen LogP contribution in [-0.4, -0.2) is 7.05 Å². The lowest BCUT2D eigenvalue weighted by Crippen LogP contribution is -2.09. The van der Waals surface area contributed by atoms with E-state index < -0.39 is 0 Å². The molecule has 0 unspecified atom stereocenters. The number of fused-ring (bicyclic) bond motifs is 6. The first kappa shape index (κ1) is 24.4. The van der Waals surface area contributed by atoms with E-state index in [1.807, 2.05) is 0 Å². The molecule has 0 N–H and O–H groups in total. The second-order valence-electron chi connectivity index (χ2n) is 11.0. The highest BCUT2D eigenvalue weighted by Crippen LogP contribution is 2.38. The van der Waals surface area contributed by atoms with Crippen molar-refractivity contribution in [3.8, 4) is 22.3 Å². The Morgan fingerprint density at radius 2 is 0.667 bits per heavy atom. The minimum atomic E-state index is 1.16. The number of rotatable bonds is 4. The fraction of sp³-hybridized carbons (Fsp3) is 0.0244. The van der Waals surface area contributed by atoms with Crippen LogP contribution in [0.3, 0.4) is 0 Å². The number of anilines is 2. The van der Waals surface area contributed by atoms with Crippen molar-refractivity contribution in [3.63, 3.8) is 0 Å². The molecule has 8 aromatic carbocycles. The fourth-order valence-corrected chi connectivity index (χ4v) is 6.46. The van der Waals surface area contributed by atoms with Crippen molar-refractivity contribution in [2.24, 2.45) is 0 Å². The van der Waals surface area contributed by atoms with Gasteiger partial charge >= 0.3 is 0 Å². The lowest BCUT2D eigenvalue weighted by molar-refractivity contribution is 1.21. The molecule has 42 heavy (non-hydrogen) atoms. The van der Waals surface area contributed by atoms with Crippen molar-refractivity contribution in [3.05, 3.63) is 158 Å². The summed E-state index contributed by atoms with van der Waals surface area (Å²) in [6, 6.07) is 57.3. The van der Waals surface area contributed by atoms with Gasteiger partial charge in [-0.1, -0.05) is 121 Å². The van der Waals surface area contributed by atoms with Crippen LogP contribution >= 0.6 is 0 Å². The molecule has 1 nitrogen and oxygen atoms in total. The van der Waals surface area contributed by atoms with E-state index in [-0.39, 0.29) is 0 Å². The second kappa shape index (κ2) is 9.90. The average Bonchev–Trinajstić information content (AvgIpc) is 3.07. The first-order chi connectivity index (χ1) is 20.7. The molecule has 1 heteroatoms. The Bertz CT molecular complexity index is 2080. The minimum Gasteiger partial charge on any atom is -0.345 e. The van der Waals surface area contributed by atoms with Crippen LogP contribution in [0.5, 0.6) is 0 Å². The summed E-state index contributed by atoms with van der Waals surface area (Å²) in [5.41, 5.74) is 7.32. The normalized spacial score (nSPS) is 11.5. The third-order valence-corrected chi connectivity index (χ3v) is 8.67. The van der Waals surface area contributed by atoms with Crippen molar-refractivity contribution in [1.82, 2.24) is 0 Å². The molecular formula is C41H29N. The Morgan fingerprint density at radius 3 is 1.07 bits per heavy atom. The Morgan fingerprint density at radius 1 is 0.333 bits per heavy atom. The molecule has 8 aromatic rings. The zero-order valence-corrected chi connectivity index (χ0v) is 23.5. The summed E-state index contributed by atoms with van der Waals surface area (Å²) in [6.45, 7) is 0. The van der Waals surface area contributed by atoms with E-state index in [9.17, 15) is 0 Å². The van der Waals surface area contributed by atoms with Gasteiger partial charge in [-0.05, 0) is 102 Å². The summed E-state index contributed by atoms with van der Waals surface area (Å²) >= 11 is 0. The van der Waals surface area contributed by atoms with Crippen LogP contribution in [0.2, 0.25) is 0 Å². The molecule has 0 atom stereocenters. The van der Waals surface area contributed by atoms with Gasteiger partial charge in [-0.3, -0.25) is 0 Å². The molecule has 8 rings (SSSR count). The maximum atomic E-state index is 2.33. The van der Waals surface area contributed by atoms with E-state index in [4.69, 9.17) is 0 Å². The predicted octanol–water partition coefficient (Wildman–Crippen LogP) is 11.4. The van der Waals surface area contributed by atoms with Crippen molar-refractivity contribution >= 4 is 54.5 Å². The summed E-state index contributed by atoms with van der Waals surface area (Å²) in [5.74, 6) is 0. The minimum absolute atomic E-state index is 1.16. The Labute approximate surface area is 245 Å². The van der Waals surface area contributed by atoms with Crippen molar-refractivity contribution in [2.45, 2.75) is 0 Å². The maximum absolute atomic E-state index is 2.33. The molecule has 0 fully saturated rings. The van der Waals surface area contributed by atoms with E-state index >= 15 is 0 Å². The van der Waals surface area contributed by atoms with E-state index in [2.05, 4.69) is 170 Å². The molecule has 0 heterocycles. The standard InChI is InChI=1S/C41H29N/c1-42(32-22-18-28(19-23-32)40-26-30-10-2-4-12-34(30)36-14-6-8-16-38(36)40)33-24-20-29(21-25-33)41-27-31-11-3-5-13-35(31)37-15-7-9-17-39(37)41/h2-27H,1H3. The maximum Gasteiger partial charge on any atom is 0.0408 e. The van der Waals surface area contributed by atoms with Crippen molar-refractivity contribution < 1.29 is 0 Å². The molecule has 0 bridgehead atoms. The molecule has 0 saturated heterocycles. The van der Waals surface area contributed by atoms with Crippen LogP contribution in [0, 0.1) is 0 Å². The van der Waals surface area contributed by atoms with Gasteiger partial charge in [-0.2, -0.15) is 0 Å². The summed E-state index contributed by atoms with van der Waals surface area (Å²) < 4.78 is 0. The van der Waals surface area contributed by atoms with Crippen LogP contribution in [0.4, 0.5) is 11.4 Å². The van der Waals surface area contributed by atoms with Crippen LogP contribution in [0.1, 0.15) is 0 Å². The Kier molecular flexibility index (Phi) is 5.75. The first-order valence-corrected chi connectivity index (χ1v) is 14.5. The van der Waals surface area contributed by atoms with E-state index in [1.165, 1.54) is 65.3 Å². The topological polar surface area (TPSA) is 3.24 Å². The summed E-state index contributed by atoms with van der Waals surface area (Å²) in [4.78, 5) is 2.25. The van der Waals surface area contributed by atoms with E-state index in [1.54, 1.807) is 0 Å². The van der Waals surface area contributed by atoms with Gasteiger partial charge < -0.3 is 4.90 Å². The zero-order valence-electron chi connectivity index (χ0n) is 23.5. The predicted molar refractivity (Wildman–Crippen MR) is 182 cm³/mol. The van der Waals surface area contributed by atoms with E-state index in [0.717, 1.165) is 11.4 Å². The van der Waals surface area contributed by atoms with Gasteiger partial charge in [-0.25, -0.2) is 0 Å². The quantitative estimate of drug-likeness (QED) is 0.203. The van der Waals surface area contributed by atoms with Crippen LogP contribution in [0.15, 0.2) is 158 Å². The molecule has 0 aliphatic rings. The molecule has 0 amide bonds. The van der Waals surface area contributed by atoms with Gasteiger partial charge in [0.1, 0.15) is 0 Å². The number of hydrogen-bond acceptors (Lipinski definition) is 1. The average molecular weight is 536 g/mol. The SMILES string of the molecule is CN(c1ccc(-c2cc3ccccc3c3ccccc23)cc1)c1ccc(-c2cc3ccccc3c3ccccc23)cc1. The zero-order chi connectivity index (χ0) is 28.0. The van der Waals surface area contributed by atoms with Crippen molar-refractivity contribution in [1.29, 1.82) is 0 Å². The first-order valence-electron chi connectivity index (χ1n) is 14.5.